The summed E-state index contributed by atoms with van der Waals surface area (Å²) in [4.78, 5) is 13.4. The van der Waals surface area contributed by atoms with Crippen LogP contribution < -0.4 is 4.74 Å². The average Bonchev–Trinajstić information content (AvgIpc) is 3.45. The molecule has 1 fully saturated rings. The zero-order chi connectivity index (χ0) is 26.0. The second kappa shape index (κ2) is 10.9. The van der Waals surface area contributed by atoms with Gasteiger partial charge in [0.15, 0.2) is 0 Å². The Balaban J connectivity index is 1.57. The highest BCUT2D eigenvalue weighted by atomic mass is 35.5. The van der Waals surface area contributed by atoms with Crippen LogP contribution in [-0.4, -0.2) is 32.6 Å². The Morgan fingerprint density at radius 1 is 1.28 bits per heavy atom. The minimum atomic E-state index is -0.696. The van der Waals surface area contributed by atoms with E-state index in [4.69, 9.17) is 21.1 Å². The monoisotopic (exact) mass is 514 g/mol. The lowest BCUT2D eigenvalue weighted by Gasteiger charge is -2.42. The van der Waals surface area contributed by atoms with E-state index in [9.17, 15) is 9.90 Å². The molecular weight excluding hydrogens is 476 g/mol. The van der Waals surface area contributed by atoms with Gasteiger partial charge in [-0.2, -0.15) is 5.10 Å². The van der Waals surface area contributed by atoms with Crippen LogP contribution in [0.5, 0.6) is 5.75 Å². The Hall–Kier alpha value is -2.47. The van der Waals surface area contributed by atoms with Crippen LogP contribution in [0.15, 0.2) is 29.5 Å². The van der Waals surface area contributed by atoms with E-state index in [2.05, 4.69) is 5.10 Å². The topological polar surface area (TPSA) is 73.6 Å². The molecule has 1 aromatic carbocycles. The zero-order valence-corrected chi connectivity index (χ0v) is 23.0. The van der Waals surface area contributed by atoms with Gasteiger partial charge in [-0.05, 0) is 83.9 Å². The highest BCUT2D eigenvalue weighted by Crippen LogP contribution is 2.46. The number of hydrogen-bond acceptors (Lipinski definition) is 5. The first kappa shape index (κ1) is 26.6. The summed E-state index contributed by atoms with van der Waals surface area (Å²) in [5.41, 5.74) is 3.63. The van der Waals surface area contributed by atoms with E-state index in [1.165, 1.54) is 0 Å². The molecule has 1 aliphatic carbocycles. The number of nitrogens with zero attached hydrogens (tertiary/aromatic N) is 2. The highest BCUT2D eigenvalue weighted by molar-refractivity contribution is 6.32. The van der Waals surface area contributed by atoms with E-state index in [0.717, 1.165) is 54.7 Å². The Morgan fingerprint density at radius 2 is 2.00 bits per heavy atom. The number of aromatic nitrogens is 2. The van der Waals surface area contributed by atoms with Gasteiger partial charge >= 0.3 is 5.97 Å². The molecule has 0 saturated heterocycles. The number of hydrogen-bond donors (Lipinski definition) is 1. The number of carbonyl (C=O) groups is 1. The molecule has 0 spiro atoms. The van der Waals surface area contributed by atoms with Crippen LogP contribution in [-0.2, 0) is 28.9 Å². The molecule has 4 rings (SSSR count). The number of carbonyl (C=O) groups excluding carboxylic acids is 1. The summed E-state index contributed by atoms with van der Waals surface area (Å²) in [7, 11) is 0. The zero-order valence-electron chi connectivity index (χ0n) is 22.2. The van der Waals surface area contributed by atoms with Crippen molar-refractivity contribution >= 4 is 17.6 Å². The van der Waals surface area contributed by atoms with Gasteiger partial charge in [0.05, 0.1) is 22.4 Å². The van der Waals surface area contributed by atoms with Gasteiger partial charge < -0.3 is 14.6 Å². The van der Waals surface area contributed by atoms with Crippen LogP contribution in [0.3, 0.4) is 0 Å². The van der Waals surface area contributed by atoms with Crippen molar-refractivity contribution in [3.8, 4) is 5.75 Å². The molecule has 6 nitrogen and oxygen atoms in total. The molecule has 196 valence electrons. The summed E-state index contributed by atoms with van der Waals surface area (Å²) < 4.78 is 14.0. The number of benzene rings is 1. The van der Waals surface area contributed by atoms with Crippen LogP contribution in [0, 0.1) is 19.8 Å². The quantitative estimate of drug-likeness (QED) is 0.371. The van der Waals surface area contributed by atoms with Crippen LogP contribution >= 0.6 is 11.6 Å². The number of esters is 1. The van der Waals surface area contributed by atoms with Crippen molar-refractivity contribution in [2.45, 2.75) is 104 Å². The number of aliphatic hydroxyl groups is 1. The van der Waals surface area contributed by atoms with Crippen LogP contribution in [0.25, 0.3) is 0 Å². The number of halogens is 1. The summed E-state index contributed by atoms with van der Waals surface area (Å²) in [6.07, 6.45) is 6.39. The van der Waals surface area contributed by atoms with E-state index in [1.807, 2.05) is 57.5 Å². The fraction of sp³-hybridized carbons (Fsp3) is 0.586. The van der Waals surface area contributed by atoms with Crippen LogP contribution in [0.2, 0.25) is 5.02 Å². The van der Waals surface area contributed by atoms with Crippen molar-refractivity contribution in [3.05, 3.63) is 57.1 Å². The molecule has 2 aromatic rings. The van der Waals surface area contributed by atoms with Gasteiger partial charge in [-0.3, -0.25) is 4.68 Å². The molecule has 1 aromatic heterocycles. The van der Waals surface area contributed by atoms with Crippen molar-refractivity contribution < 1.29 is 19.4 Å². The molecule has 1 aliphatic heterocycles. The fourth-order valence-corrected chi connectivity index (χ4v) is 6.12. The summed E-state index contributed by atoms with van der Waals surface area (Å²) in [6.45, 7) is 10.7. The number of cyclic esters (lactones) is 1. The molecule has 0 amide bonds. The lowest BCUT2D eigenvalue weighted by molar-refractivity contribution is -0.167. The van der Waals surface area contributed by atoms with Gasteiger partial charge in [0.25, 0.3) is 0 Å². The lowest BCUT2D eigenvalue weighted by atomic mass is 9.76. The van der Waals surface area contributed by atoms with Crippen molar-refractivity contribution in [1.29, 1.82) is 0 Å². The number of aryl methyl sites for hydroxylation is 3. The Labute approximate surface area is 219 Å². The third kappa shape index (κ3) is 5.44. The number of aliphatic hydroxyl groups excluding tert-OH is 1. The Kier molecular flexibility index (Phi) is 8.03. The van der Waals surface area contributed by atoms with Gasteiger partial charge in [0.2, 0.25) is 0 Å². The maximum Gasteiger partial charge on any atom is 0.338 e. The molecule has 36 heavy (non-hydrogen) atoms. The van der Waals surface area contributed by atoms with Gasteiger partial charge in [0.1, 0.15) is 17.1 Å². The summed E-state index contributed by atoms with van der Waals surface area (Å²) in [5.74, 6) is 0.690. The third-order valence-corrected chi connectivity index (χ3v) is 8.13. The van der Waals surface area contributed by atoms with Gasteiger partial charge in [-0.15, -0.1) is 0 Å². The van der Waals surface area contributed by atoms with Gasteiger partial charge in [-0.1, -0.05) is 30.5 Å². The summed E-state index contributed by atoms with van der Waals surface area (Å²) in [6, 6.07) is 5.86. The molecular formula is C29H39ClN2O4. The molecule has 7 heteroatoms. The second-order valence-electron chi connectivity index (χ2n) is 10.6. The smallest absolute Gasteiger partial charge is 0.338 e. The van der Waals surface area contributed by atoms with E-state index >= 15 is 0 Å². The van der Waals surface area contributed by atoms with Crippen molar-refractivity contribution in [1.82, 2.24) is 9.78 Å². The molecule has 1 saturated carbocycles. The number of rotatable bonds is 9. The molecule has 1 atom stereocenters. The normalized spacial score (nSPS) is 20.9. The summed E-state index contributed by atoms with van der Waals surface area (Å²) in [5, 5.41) is 16.4. The van der Waals surface area contributed by atoms with Crippen molar-refractivity contribution in [2.24, 2.45) is 5.92 Å². The maximum absolute atomic E-state index is 13.4. The first-order chi connectivity index (χ1) is 17.1. The van der Waals surface area contributed by atoms with E-state index < -0.39 is 11.6 Å². The Bertz CT molecular complexity index is 1150. The predicted octanol–water partition coefficient (Wildman–Crippen LogP) is 6.82. The van der Waals surface area contributed by atoms with E-state index in [-0.39, 0.29) is 17.8 Å². The SMILES string of the molecule is CCn1nc(C)c(CC2=C(O)CC(CCc3ccc(OC(C)C)c(Cl)c3)(C3CCCC3)OC2=O)c1C. The third-order valence-electron chi connectivity index (χ3n) is 7.84. The molecule has 0 bridgehead atoms. The molecule has 1 N–H and O–H groups in total. The van der Waals surface area contributed by atoms with E-state index in [1.54, 1.807) is 0 Å². The first-order valence-electron chi connectivity index (χ1n) is 13.3. The Morgan fingerprint density at radius 3 is 2.58 bits per heavy atom. The predicted molar refractivity (Wildman–Crippen MR) is 142 cm³/mol. The minimum Gasteiger partial charge on any atom is -0.512 e. The van der Waals surface area contributed by atoms with Crippen LogP contribution in [0.1, 0.15) is 81.8 Å². The van der Waals surface area contributed by atoms with Gasteiger partial charge in [0, 0.05) is 30.6 Å². The van der Waals surface area contributed by atoms with Crippen molar-refractivity contribution in [3.63, 3.8) is 0 Å². The standard InChI is InChI=1S/C29H39ClN2O4/c1-6-32-20(5)23(19(4)31-32)16-24-26(33)17-29(36-28(24)34,22-9-7-8-10-22)14-13-21-11-12-27(25(30)15-21)35-18(2)3/h11-12,15,18,22,33H,6-10,13-14,16-17H2,1-5H3. The highest BCUT2D eigenvalue weighted by Gasteiger charge is 2.48. The lowest BCUT2D eigenvalue weighted by Crippen LogP contribution is -2.46. The fourth-order valence-electron chi connectivity index (χ4n) is 5.87. The minimum absolute atomic E-state index is 0.0495. The molecule has 2 heterocycles. The van der Waals surface area contributed by atoms with E-state index in [0.29, 0.717) is 42.0 Å². The molecule has 0 radical (unpaired) electrons. The molecule has 1 unspecified atom stereocenters. The van der Waals surface area contributed by atoms with Crippen molar-refractivity contribution in [2.75, 3.05) is 0 Å². The first-order valence-corrected chi connectivity index (χ1v) is 13.6. The summed E-state index contributed by atoms with van der Waals surface area (Å²) >= 11 is 6.47. The average molecular weight is 515 g/mol. The van der Waals surface area contributed by atoms with Gasteiger partial charge in [-0.25, -0.2) is 4.79 Å². The number of ether oxygens (including phenoxy) is 2. The van der Waals surface area contributed by atoms with Crippen LogP contribution in [0.4, 0.5) is 0 Å². The molecule has 2 aliphatic rings. The maximum atomic E-state index is 13.4. The second-order valence-corrected chi connectivity index (χ2v) is 11.0. The largest absolute Gasteiger partial charge is 0.512 e.